The van der Waals surface area contributed by atoms with Gasteiger partial charge in [0.15, 0.2) is 5.82 Å². The smallest absolute Gasteiger partial charge is 0.358 e. The molecule has 0 unspecified atom stereocenters. The van der Waals surface area contributed by atoms with Gasteiger partial charge >= 0.3 is 5.82 Å². The van der Waals surface area contributed by atoms with E-state index in [4.69, 9.17) is 4.52 Å². The summed E-state index contributed by atoms with van der Waals surface area (Å²) in [6.07, 6.45) is 2.68. The molecule has 0 atom stereocenters. The van der Waals surface area contributed by atoms with Crippen LogP contribution in [0.1, 0.15) is 5.82 Å². The molecule has 8 nitrogen and oxygen atoms in total. The molecule has 0 radical (unpaired) electrons. The van der Waals surface area contributed by atoms with Gasteiger partial charge < -0.3 is 19.2 Å². The Balaban J connectivity index is 1.78. The molecule has 3 rings (SSSR count). The molecule has 3 aromatic rings. The van der Waals surface area contributed by atoms with Gasteiger partial charge in [0.2, 0.25) is 6.33 Å². The minimum atomic E-state index is -0.552. The summed E-state index contributed by atoms with van der Waals surface area (Å²) in [5.41, 5.74) is 0.861. The Hall–Kier alpha value is -2.55. The molecule has 3 heterocycles. The fourth-order valence-electron chi connectivity index (χ4n) is 1.51. The maximum Gasteiger partial charge on any atom is 0.381 e. The Morgan fingerprint density at radius 3 is 3.11 bits per heavy atom. The Morgan fingerprint density at radius 1 is 1.53 bits per heavy atom. The van der Waals surface area contributed by atoms with Crippen LogP contribution >= 0.6 is 11.3 Å². The van der Waals surface area contributed by atoms with Crippen LogP contribution in [0.15, 0.2) is 33.9 Å². The minimum Gasteiger partial charge on any atom is -0.358 e. The topological polar surface area (TPSA) is 99.9 Å². The highest BCUT2D eigenvalue weighted by atomic mass is 32.1. The third-order valence-electron chi connectivity index (χ3n) is 2.37. The van der Waals surface area contributed by atoms with E-state index >= 15 is 0 Å². The van der Waals surface area contributed by atoms with Gasteiger partial charge in [-0.05, 0) is 21.4 Å². The molecule has 9 heteroatoms. The Bertz CT molecular complexity index is 702. The van der Waals surface area contributed by atoms with Crippen molar-refractivity contribution in [2.45, 2.75) is 6.54 Å². The zero-order chi connectivity index (χ0) is 13.2. The van der Waals surface area contributed by atoms with Crippen LogP contribution in [0, 0.1) is 10.1 Å². The molecule has 0 fully saturated rings. The van der Waals surface area contributed by atoms with Crippen LogP contribution in [0.2, 0.25) is 0 Å². The molecular formula is C10H7N5O3S. The van der Waals surface area contributed by atoms with E-state index < -0.39 is 4.92 Å². The second kappa shape index (κ2) is 4.61. The van der Waals surface area contributed by atoms with Crippen molar-refractivity contribution >= 4 is 17.2 Å². The van der Waals surface area contributed by atoms with Crippen molar-refractivity contribution in [3.8, 4) is 11.5 Å². The lowest BCUT2D eigenvalue weighted by Crippen LogP contribution is -1.98. The summed E-state index contributed by atoms with van der Waals surface area (Å²) in [4.78, 5) is 17.8. The third kappa shape index (κ3) is 2.36. The van der Waals surface area contributed by atoms with Crippen LogP contribution < -0.4 is 0 Å². The molecule has 0 N–H and O–H groups in total. The van der Waals surface area contributed by atoms with Crippen molar-refractivity contribution in [3.05, 3.63) is 45.3 Å². The number of nitrogens with zero attached hydrogens (tertiary/aromatic N) is 5. The fourth-order valence-corrected chi connectivity index (χ4v) is 2.14. The summed E-state index contributed by atoms with van der Waals surface area (Å²) >= 11 is 1.54. The van der Waals surface area contributed by atoms with Gasteiger partial charge in [-0.2, -0.15) is 16.3 Å². The predicted molar refractivity (Wildman–Crippen MR) is 65.6 cm³/mol. The van der Waals surface area contributed by atoms with E-state index in [1.165, 1.54) is 28.4 Å². The monoisotopic (exact) mass is 277 g/mol. The van der Waals surface area contributed by atoms with Gasteiger partial charge in [0.1, 0.15) is 6.20 Å². The molecule has 0 bridgehead atoms. The summed E-state index contributed by atoms with van der Waals surface area (Å²) in [5, 5.41) is 18.1. The first-order valence-electron chi connectivity index (χ1n) is 5.24. The lowest BCUT2D eigenvalue weighted by molar-refractivity contribution is -0.389. The van der Waals surface area contributed by atoms with Crippen molar-refractivity contribution in [1.82, 2.24) is 19.7 Å². The highest BCUT2D eigenvalue weighted by molar-refractivity contribution is 7.08. The van der Waals surface area contributed by atoms with Gasteiger partial charge in [-0.1, -0.05) is 5.16 Å². The summed E-state index contributed by atoms with van der Waals surface area (Å²) in [6, 6.07) is 1.88. The lowest BCUT2D eigenvalue weighted by Gasteiger charge is -1.92. The first-order chi connectivity index (χ1) is 9.22. The molecule has 0 amide bonds. The van der Waals surface area contributed by atoms with Crippen LogP contribution in [-0.2, 0) is 6.54 Å². The second-order valence-electron chi connectivity index (χ2n) is 3.69. The predicted octanol–water partition coefficient (Wildman–Crippen LogP) is 1.95. The molecule has 0 saturated carbocycles. The summed E-state index contributed by atoms with van der Waals surface area (Å²) in [6.45, 7) is 0.272. The van der Waals surface area contributed by atoms with Crippen LogP contribution in [-0.4, -0.2) is 24.6 Å². The van der Waals surface area contributed by atoms with Crippen LogP contribution in [0.25, 0.3) is 11.5 Å². The molecule has 96 valence electrons. The summed E-state index contributed by atoms with van der Waals surface area (Å²) in [5.74, 6) is 0.668. The Labute approximate surface area is 110 Å². The van der Waals surface area contributed by atoms with Crippen molar-refractivity contribution in [2.75, 3.05) is 0 Å². The van der Waals surface area contributed by atoms with E-state index in [-0.39, 0.29) is 12.4 Å². The lowest BCUT2D eigenvalue weighted by atomic mass is 10.3. The molecule has 0 saturated heterocycles. The molecule has 0 aliphatic heterocycles. The number of imidazole rings is 1. The van der Waals surface area contributed by atoms with Crippen molar-refractivity contribution < 1.29 is 9.45 Å². The summed E-state index contributed by atoms with van der Waals surface area (Å²) < 4.78 is 6.64. The van der Waals surface area contributed by atoms with Crippen molar-refractivity contribution in [3.63, 3.8) is 0 Å². The molecule has 0 aromatic carbocycles. The number of aromatic nitrogens is 4. The number of hydrogen-bond donors (Lipinski definition) is 0. The largest absolute Gasteiger partial charge is 0.381 e. The van der Waals surface area contributed by atoms with Gasteiger partial charge in [0, 0.05) is 5.38 Å². The number of nitro groups is 1. The maximum absolute atomic E-state index is 10.5. The maximum atomic E-state index is 10.5. The number of hydrogen-bond acceptors (Lipinski definition) is 7. The van der Waals surface area contributed by atoms with Crippen molar-refractivity contribution in [1.29, 1.82) is 0 Å². The highest BCUT2D eigenvalue weighted by Gasteiger charge is 2.13. The van der Waals surface area contributed by atoms with Crippen LogP contribution in [0.5, 0.6) is 0 Å². The fraction of sp³-hybridized carbons (Fsp3) is 0.100. The highest BCUT2D eigenvalue weighted by Crippen LogP contribution is 2.20. The number of rotatable bonds is 4. The molecule has 0 aliphatic rings. The standard InChI is InChI=1S/C10H7N5O3S/c16-15(17)9-4-14(6-11-9)3-8-12-10(18-13-8)7-1-2-19-5-7/h1-2,4-6H,3H2. The van der Waals surface area contributed by atoms with E-state index in [1.807, 2.05) is 16.8 Å². The minimum absolute atomic E-state index is 0.207. The van der Waals surface area contributed by atoms with Gasteiger partial charge in [-0.3, -0.25) is 0 Å². The average molecular weight is 277 g/mol. The quantitative estimate of drug-likeness (QED) is 0.533. The number of thiophene rings is 1. The Morgan fingerprint density at radius 2 is 2.42 bits per heavy atom. The van der Waals surface area contributed by atoms with E-state index in [1.54, 1.807) is 0 Å². The zero-order valence-electron chi connectivity index (χ0n) is 9.46. The van der Waals surface area contributed by atoms with Gasteiger partial charge in [0.05, 0.1) is 12.1 Å². The molecule has 3 aromatic heterocycles. The van der Waals surface area contributed by atoms with E-state index in [2.05, 4.69) is 15.1 Å². The first-order valence-corrected chi connectivity index (χ1v) is 6.18. The van der Waals surface area contributed by atoms with E-state index in [9.17, 15) is 10.1 Å². The Kier molecular flexibility index (Phi) is 2.80. The molecule has 0 spiro atoms. The van der Waals surface area contributed by atoms with Gasteiger partial charge in [0.25, 0.3) is 5.89 Å². The summed E-state index contributed by atoms with van der Waals surface area (Å²) in [7, 11) is 0. The van der Waals surface area contributed by atoms with E-state index in [0.717, 1.165) is 5.56 Å². The normalized spacial score (nSPS) is 10.7. The second-order valence-corrected chi connectivity index (χ2v) is 4.47. The van der Waals surface area contributed by atoms with Gasteiger partial charge in [-0.25, -0.2) is 0 Å². The van der Waals surface area contributed by atoms with Gasteiger partial charge in [-0.15, -0.1) is 0 Å². The van der Waals surface area contributed by atoms with Crippen LogP contribution in [0.3, 0.4) is 0 Å². The van der Waals surface area contributed by atoms with Crippen molar-refractivity contribution in [2.24, 2.45) is 0 Å². The average Bonchev–Trinajstić information content (AvgIpc) is 3.09. The SMILES string of the molecule is O=[N+]([O-])c1cn(Cc2noc(-c3ccsc3)n2)cn1. The first kappa shape index (κ1) is 11.5. The van der Waals surface area contributed by atoms with Crippen LogP contribution in [0.4, 0.5) is 5.82 Å². The van der Waals surface area contributed by atoms with E-state index in [0.29, 0.717) is 11.7 Å². The molecule has 0 aliphatic carbocycles. The molecular weight excluding hydrogens is 270 g/mol. The zero-order valence-corrected chi connectivity index (χ0v) is 10.3. The molecule has 19 heavy (non-hydrogen) atoms. The third-order valence-corrected chi connectivity index (χ3v) is 3.05.